The van der Waals surface area contributed by atoms with Gasteiger partial charge in [-0.15, -0.1) is 11.3 Å². The molecule has 0 bridgehead atoms. The topological polar surface area (TPSA) is 34.4 Å². The van der Waals surface area contributed by atoms with Crippen molar-refractivity contribution in [2.45, 2.75) is 47.1 Å². The average Bonchev–Trinajstić information content (AvgIpc) is 3.01. The SMILES string of the molecule is CCCc1sc(=NC(=O)c2ccc(Cl)cc2)n(CC)c1-c1ccc(C)c(C)c1. The van der Waals surface area contributed by atoms with Crippen LogP contribution in [0.4, 0.5) is 0 Å². The first-order chi connectivity index (χ1) is 13.4. The van der Waals surface area contributed by atoms with Crippen LogP contribution in [0.15, 0.2) is 47.5 Å². The predicted octanol–water partition coefficient (Wildman–Crippen LogP) is 6.20. The Kier molecular flexibility index (Phi) is 6.53. The lowest BCUT2D eigenvalue weighted by molar-refractivity contribution is 0.0998. The van der Waals surface area contributed by atoms with Gasteiger partial charge in [0.05, 0.1) is 5.69 Å². The molecular weight excluding hydrogens is 388 g/mol. The van der Waals surface area contributed by atoms with Crippen molar-refractivity contribution in [2.75, 3.05) is 0 Å². The van der Waals surface area contributed by atoms with Crippen molar-refractivity contribution in [1.82, 2.24) is 4.57 Å². The number of nitrogens with zero attached hydrogens (tertiary/aromatic N) is 2. The minimum absolute atomic E-state index is 0.241. The van der Waals surface area contributed by atoms with Gasteiger partial charge >= 0.3 is 0 Å². The van der Waals surface area contributed by atoms with E-state index in [1.165, 1.54) is 27.3 Å². The van der Waals surface area contributed by atoms with Crippen LogP contribution in [-0.2, 0) is 13.0 Å². The lowest BCUT2D eigenvalue weighted by Crippen LogP contribution is -2.17. The van der Waals surface area contributed by atoms with E-state index >= 15 is 0 Å². The molecule has 3 aromatic rings. The van der Waals surface area contributed by atoms with Crippen LogP contribution in [0.5, 0.6) is 0 Å². The Morgan fingerprint density at radius 3 is 2.39 bits per heavy atom. The smallest absolute Gasteiger partial charge is 0.279 e. The molecule has 146 valence electrons. The molecule has 2 aromatic carbocycles. The largest absolute Gasteiger partial charge is 0.316 e. The van der Waals surface area contributed by atoms with E-state index in [4.69, 9.17) is 11.6 Å². The molecular formula is C23H25ClN2OS. The summed E-state index contributed by atoms with van der Waals surface area (Å²) in [6, 6.07) is 13.4. The van der Waals surface area contributed by atoms with Crippen molar-refractivity contribution in [3.63, 3.8) is 0 Å². The van der Waals surface area contributed by atoms with Crippen molar-refractivity contribution >= 4 is 28.8 Å². The third-order valence-corrected chi connectivity index (χ3v) is 6.23. The van der Waals surface area contributed by atoms with Crippen LogP contribution in [-0.4, -0.2) is 10.5 Å². The molecule has 3 rings (SSSR count). The van der Waals surface area contributed by atoms with Gasteiger partial charge in [-0.1, -0.05) is 37.1 Å². The van der Waals surface area contributed by atoms with Crippen LogP contribution in [0, 0.1) is 13.8 Å². The van der Waals surface area contributed by atoms with Crippen LogP contribution in [0.3, 0.4) is 0 Å². The third-order valence-electron chi connectivity index (χ3n) is 4.84. The summed E-state index contributed by atoms with van der Waals surface area (Å²) in [7, 11) is 0. The number of halogens is 1. The summed E-state index contributed by atoms with van der Waals surface area (Å²) in [4.78, 5) is 19.2. The van der Waals surface area contributed by atoms with Gasteiger partial charge in [-0.2, -0.15) is 4.99 Å². The Morgan fingerprint density at radius 2 is 1.79 bits per heavy atom. The summed E-state index contributed by atoms with van der Waals surface area (Å²) in [6.07, 6.45) is 2.02. The summed E-state index contributed by atoms with van der Waals surface area (Å²) in [6.45, 7) is 9.29. The summed E-state index contributed by atoms with van der Waals surface area (Å²) in [5.41, 5.74) is 5.46. The van der Waals surface area contributed by atoms with Gasteiger partial charge in [0.2, 0.25) is 0 Å². The summed E-state index contributed by atoms with van der Waals surface area (Å²) in [5, 5.41) is 0.610. The third kappa shape index (κ3) is 4.29. The zero-order valence-electron chi connectivity index (χ0n) is 16.8. The highest BCUT2D eigenvalue weighted by molar-refractivity contribution is 7.09. The zero-order valence-corrected chi connectivity index (χ0v) is 18.3. The van der Waals surface area contributed by atoms with Crippen LogP contribution < -0.4 is 4.80 Å². The Morgan fingerprint density at radius 1 is 1.07 bits per heavy atom. The van der Waals surface area contributed by atoms with Crippen molar-refractivity contribution < 1.29 is 4.79 Å². The minimum Gasteiger partial charge on any atom is -0.316 e. The molecule has 1 heterocycles. The van der Waals surface area contributed by atoms with Crippen molar-refractivity contribution in [3.8, 4) is 11.3 Å². The Bertz CT molecular complexity index is 1060. The molecule has 0 aliphatic rings. The number of carbonyl (C=O) groups is 1. The molecule has 1 aromatic heterocycles. The highest BCUT2D eigenvalue weighted by Gasteiger charge is 2.16. The number of carbonyl (C=O) groups excluding carboxylic acids is 1. The fourth-order valence-electron chi connectivity index (χ4n) is 3.18. The molecule has 0 radical (unpaired) electrons. The van der Waals surface area contributed by atoms with E-state index in [2.05, 4.69) is 55.5 Å². The quantitative estimate of drug-likeness (QED) is 0.491. The lowest BCUT2D eigenvalue weighted by atomic mass is 10.0. The van der Waals surface area contributed by atoms with Gasteiger partial charge in [-0.25, -0.2) is 0 Å². The van der Waals surface area contributed by atoms with E-state index in [9.17, 15) is 4.79 Å². The molecule has 5 heteroatoms. The summed E-state index contributed by atoms with van der Waals surface area (Å²) < 4.78 is 2.16. The van der Waals surface area contributed by atoms with Crippen LogP contribution >= 0.6 is 22.9 Å². The Labute approximate surface area is 175 Å². The number of benzene rings is 2. The van der Waals surface area contributed by atoms with Gasteiger partial charge in [-0.3, -0.25) is 4.79 Å². The lowest BCUT2D eigenvalue weighted by Gasteiger charge is -2.11. The maximum absolute atomic E-state index is 12.7. The van der Waals surface area contributed by atoms with Crippen LogP contribution in [0.2, 0.25) is 5.02 Å². The van der Waals surface area contributed by atoms with Gasteiger partial charge in [0.15, 0.2) is 4.80 Å². The van der Waals surface area contributed by atoms with Gasteiger partial charge < -0.3 is 4.57 Å². The van der Waals surface area contributed by atoms with Crippen molar-refractivity contribution in [1.29, 1.82) is 0 Å². The van der Waals surface area contributed by atoms with Crippen LogP contribution in [0.25, 0.3) is 11.3 Å². The van der Waals surface area contributed by atoms with Crippen molar-refractivity contribution in [3.05, 3.63) is 73.9 Å². The molecule has 0 aliphatic carbocycles. The molecule has 0 spiro atoms. The Hall–Kier alpha value is -2.17. The number of amides is 1. The summed E-state index contributed by atoms with van der Waals surface area (Å²) >= 11 is 7.55. The maximum atomic E-state index is 12.7. The summed E-state index contributed by atoms with van der Waals surface area (Å²) in [5.74, 6) is -0.241. The standard InChI is InChI=1S/C23H25ClN2OS/c1-5-7-20-21(18-9-8-15(3)16(4)14-18)26(6-2)23(28-20)25-22(27)17-10-12-19(24)13-11-17/h8-14H,5-7H2,1-4H3. The van der Waals surface area contributed by atoms with Gasteiger partial charge in [-0.05, 0) is 74.2 Å². The van der Waals surface area contributed by atoms with E-state index in [-0.39, 0.29) is 5.91 Å². The van der Waals surface area contributed by atoms with Crippen LogP contribution in [0.1, 0.15) is 46.6 Å². The fourth-order valence-corrected chi connectivity index (χ4v) is 4.62. The molecule has 0 fully saturated rings. The number of hydrogen-bond donors (Lipinski definition) is 0. The zero-order chi connectivity index (χ0) is 20.3. The van der Waals surface area contributed by atoms with E-state index in [1.807, 2.05) is 0 Å². The van der Waals surface area contributed by atoms with Crippen molar-refractivity contribution in [2.24, 2.45) is 4.99 Å². The Balaban J connectivity index is 2.15. The molecule has 0 atom stereocenters. The molecule has 0 saturated carbocycles. The molecule has 0 unspecified atom stereocenters. The molecule has 28 heavy (non-hydrogen) atoms. The molecule has 0 saturated heterocycles. The number of aryl methyl sites for hydroxylation is 3. The van der Waals surface area contributed by atoms with Gasteiger partial charge in [0.25, 0.3) is 5.91 Å². The molecule has 3 nitrogen and oxygen atoms in total. The maximum Gasteiger partial charge on any atom is 0.279 e. The minimum atomic E-state index is -0.241. The van der Waals surface area contributed by atoms with E-state index in [0.717, 1.165) is 24.2 Å². The second-order valence-corrected chi connectivity index (χ2v) is 8.37. The molecule has 0 N–H and O–H groups in total. The fraction of sp³-hybridized carbons (Fsp3) is 0.304. The second kappa shape index (κ2) is 8.89. The first-order valence-corrected chi connectivity index (χ1v) is 10.8. The number of rotatable bonds is 5. The number of hydrogen-bond acceptors (Lipinski definition) is 2. The highest BCUT2D eigenvalue weighted by atomic mass is 35.5. The van der Waals surface area contributed by atoms with Gasteiger partial charge in [0, 0.05) is 22.0 Å². The average molecular weight is 413 g/mol. The second-order valence-electron chi connectivity index (χ2n) is 6.87. The number of thiazole rings is 1. The van der Waals surface area contributed by atoms with E-state index in [0.29, 0.717) is 10.6 Å². The normalized spacial score (nSPS) is 11.8. The molecule has 1 amide bonds. The first kappa shape index (κ1) is 20.6. The van der Waals surface area contributed by atoms with E-state index in [1.54, 1.807) is 35.6 Å². The monoisotopic (exact) mass is 412 g/mol. The molecule has 0 aliphatic heterocycles. The van der Waals surface area contributed by atoms with Gasteiger partial charge in [0.1, 0.15) is 0 Å². The van der Waals surface area contributed by atoms with E-state index < -0.39 is 0 Å². The number of aromatic nitrogens is 1. The first-order valence-electron chi connectivity index (χ1n) is 9.59. The predicted molar refractivity (Wildman–Crippen MR) is 118 cm³/mol. The highest BCUT2D eigenvalue weighted by Crippen LogP contribution is 2.29.